The predicted octanol–water partition coefficient (Wildman–Crippen LogP) is 3.85. The number of ether oxygens (including phenoxy) is 1. The van der Waals surface area contributed by atoms with E-state index in [-0.39, 0.29) is 0 Å². The van der Waals surface area contributed by atoms with Crippen LogP contribution in [0.3, 0.4) is 0 Å². The van der Waals surface area contributed by atoms with Crippen LogP contribution in [0.25, 0.3) is 31.6 Å². The second-order valence-electron chi connectivity index (χ2n) is 5.10. The number of carbonyl (C=O) groups excluding carboxylic acids is 1. The molecule has 23 heavy (non-hydrogen) atoms. The van der Waals surface area contributed by atoms with Gasteiger partial charge in [0.1, 0.15) is 11.4 Å². The maximum Gasteiger partial charge on any atom is 0.340 e. The van der Waals surface area contributed by atoms with Crippen molar-refractivity contribution in [2.45, 2.75) is 0 Å². The van der Waals surface area contributed by atoms with Gasteiger partial charge < -0.3 is 10.5 Å². The van der Waals surface area contributed by atoms with Crippen LogP contribution in [0, 0.1) is 0 Å². The van der Waals surface area contributed by atoms with Crippen LogP contribution in [0.4, 0.5) is 4.79 Å². The first-order valence-electron chi connectivity index (χ1n) is 7.03. The summed E-state index contributed by atoms with van der Waals surface area (Å²) in [4.78, 5) is 12.7. The van der Waals surface area contributed by atoms with Crippen LogP contribution < -0.4 is 10.5 Å². The van der Waals surface area contributed by atoms with Gasteiger partial charge in [-0.3, -0.25) is 0 Å². The minimum absolute atomic E-state index is 0.615. The molecule has 4 rings (SSSR count). The van der Waals surface area contributed by atoms with E-state index in [0.717, 1.165) is 15.6 Å². The fraction of sp³-hybridized carbons (Fsp3) is 0.0588. The van der Waals surface area contributed by atoms with Crippen LogP contribution in [0.1, 0.15) is 0 Å². The lowest BCUT2D eigenvalue weighted by molar-refractivity contribution is 0.248. The third kappa shape index (κ3) is 2.07. The van der Waals surface area contributed by atoms with Crippen molar-refractivity contribution in [3.05, 3.63) is 48.5 Å². The lowest BCUT2D eigenvalue weighted by atomic mass is 10.1. The number of thiophene rings is 1. The van der Waals surface area contributed by atoms with E-state index in [4.69, 9.17) is 10.5 Å². The molecule has 0 saturated carbocycles. The van der Waals surface area contributed by atoms with E-state index in [1.54, 1.807) is 18.4 Å². The Balaban J connectivity index is 2.07. The number of carbonyl (C=O) groups is 1. The van der Waals surface area contributed by atoms with Crippen molar-refractivity contribution in [3.63, 3.8) is 0 Å². The van der Waals surface area contributed by atoms with Gasteiger partial charge in [0.2, 0.25) is 0 Å². The number of nitrogens with zero attached hydrogens (tertiary/aromatic N) is 2. The van der Waals surface area contributed by atoms with Crippen molar-refractivity contribution in [1.29, 1.82) is 0 Å². The summed E-state index contributed by atoms with van der Waals surface area (Å²) in [6, 6.07) is 15.1. The zero-order valence-electron chi connectivity index (χ0n) is 12.3. The lowest BCUT2D eigenvalue weighted by Crippen LogP contribution is -2.20. The highest BCUT2D eigenvalue weighted by Gasteiger charge is 2.20. The quantitative estimate of drug-likeness (QED) is 0.609. The summed E-state index contributed by atoms with van der Waals surface area (Å²) in [6.45, 7) is 0. The monoisotopic (exact) mass is 323 g/mol. The fourth-order valence-corrected chi connectivity index (χ4v) is 3.80. The average Bonchev–Trinajstić information content (AvgIpc) is 3.15. The molecule has 0 bridgehead atoms. The molecule has 114 valence electrons. The Morgan fingerprint density at radius 2 is 2.04 bits per heavy atom. The Bertz CT molecular complexity index is 1020. The van der Waals surface area contributed by atoms with E-state index in [0.29, 0.717) is 17.0 Å². The molecule has 2 heterocycles. The van der Waals surface area contributed by atoms with Gasteiger partial charge in [-0.25, -0.2) is 4.79 Å². The van der Waals surface area contributed by atoms with Gasteiger partial charge in [0, 0.05) is 4.70 Å². The Morgan fingerprint density at radius 3 is 2.78 bits per heavy atom. The Hall–Kier alpha value is -2.86. The number of primary amides is 1. The molecular weight excluding hydrogens is 310 g/mol. The Morgan fingerprint density at radius 1 is 1.22 bits per heavy atom. The number of rotatable bonds is 2. The number of methoxy groups -OCH3 is 1. The maximum absolute atomic E-state index is 11.7. The molecule has 0 atom stereocenters. The maximum atomic E-state index is 11.7. The summed E-state index contributed by atoms with van der Waals surface area (Å²) in [6.07, 6.45) is 0. The normalized spacial score (nSPS) is 11.2. The van der Waals surface area contributed by atoms with Gasteiger partial charge in [-0.15, -0.1) is 11.3 Å². The van der Waals surface area contributed by atoms with Crippen LogP contribution in [0.2, 0.25) is 0 Å². The highest BCUT2D eigenvalue weighted by atomic mass is 32.1. The second kappa shape index (κ2) is 5.10. The molecule has 2 aromatic heterocycles. The number of benzene rings is 2. The highest BCUT2D eigenvalue weighted by Crippen LogP contribution is 2.39. The number of fused-ring (bicyclic) bond motifs is 2. The molecule has 2 N–H and O–H groups in total. The van der Waals surface area contributed by atoms with E-state index in [2.05, 4.69) is 23.3 Å². The molecular formula is C17H13N3O2S. The Labute approximate surface area is 135 Å². The zero-order chi connectivity index (χ0) is 16.0. The molecule has 4 aromatic rings. The standard InChI is InChI=1S/C17H13N3O2S/c1-22-12-7-4-6-11-15(12)16(19-20(11)17(18)21)14-9-10-5-2-3-8-13(10)23-14/h2-9H,1H3,(H2,18,21). The molecule has 6 heteroatoms. The summed E-state index contributed by atoms with van der Waals surface area (Å²) in [5.41, 5.74) is 6.81. The number of aromatic nitrogens is 2. The van der Waals surface area contributed by atoms with E-state index in [1.807, 2.05) is 30.3 Å². The molecule has 0 aliphatic rings. The first-order chi connectivity index (χ1) is 11.2. The number of hydrogen-bond acceptors (Lipinski definition) is 4. The lowest BCUT2D eigenvalue weighted by Gasteiger charge is -2.02. The van der Waals surface area contributed by atoms with Gasteiger partial charge in [-0.1, -0.05) is 24.3 Å². The highest BCUT2D eigenvalue weighted by molar-refractivity contribution is 7.22. The predicted molar refractivity (Wildman–Crippen MR) is 92.1 cm³/mol. The summed E-state index contributed by atoms with van der Waals surface area (Å²) >= 11 is 1.63. The largest absolute Gasteiger partial charge is 0.496 e. The van der Waals surface area contributed by atoms with Crippen molar-refractivity contribution >= 4 is 38.4 Å². The number of nitrogens with two attached hydrogens (primary N) is 1. The van der Waals surface area contributed by atoms with Gasteiger partial charge in [0.05, 0.1) is 22.9 Å². The third-order valence-corrected chi connectivity index (χ3v) is 4.88. The minimum Gasteiger partial charge on any atom is -0.496 e. The average molecular weight is 323 g/mol. The smallest absolute Gasteiger partial charge is 0.340 e. The van der Waals surface area contributed by atoms with Gasteiger partial charge in [0.25, 0.3) is 0 Å². The zero-order valence-corrected chi connectivity index (χ0v) is 13.1. The Kier molecular flexibility index (Phi) is 3.06. The van der Waals surface area contributed by atoms with E-state index >= 15 is 0 Å². The topological polar surface area (TPSA) is 70.1 Å². The number of hydrogen-bond donors (Lipinski definition) is 1. The fourth-order valence-electron chi connectivity index (χ4n) is 2.75. The first-order valence-corrected chi connectivity index (χ1v) is 7.85. The SMILES string of the molecule is COc1cccc2c1c(-c1cc3ccccc3s1)nn2C(N)=O. The summed E-state index contributed by atoms with van der Waals surface area (Å²) < 4.78 is 7.84. The molecule has 5 nitrogen and oxygen atoms in total. The molecule has 0 aliphatic carbocycles. The molecule has 0 spiro atoms. The van der Waals surface area contributed by atoms with Crippen molar-refractivity contribution < 1.29 is 9.53 Å². The van der Waals surface area contributed by atoms with Gasteiger partial charge in [0.15, 0.2) is 0 Å². The molecule has 0 saturated heterocycles. The van der Waals surface area contributed by atoms with Crippen molar-refractivity contribution in [1.82, 2.24) is 9.78 Å². The van der Waals surface area contributed by atoms with E-state index < -0.39 is 6.03 Å². The van der Waals surface area contributed by atoms with Gasteiger partial charge in [-0.2, -0.15) is 9.78 Å². The third-order valence-electron chi connectivity index (χ3n) is 3.76. The van der Waals surface area contributed by atoms with E-state index in [1.165, 1.54) is 9.38 Å². The molecule has 0 fully saturated rings. The molecule has 0 aliphatic heterocycles. The van der Waals surface area contributed by atoms with Crippen LogP contribution >= 0.6 is 11.3 Å². The van der Waals surface area contributed by atoms with Gasteiger partial charge in [-0.05, 0) is 29.7 Å². The molecule has 1 amide bonds. The first kappa shape index (κ1) is 13.8. The summed E-state index contributed by atoms with van der Waals surface area (Å²) in [5, 5.41) is 6.37. The summed E-state index contributed by atoms with van der Waals surface area (Å²) in [7, 11) is 1.60. The number of amides is 1. The van der Waals surface area contributed by atoms with Crippen molar-refractivity contribution in [3.8, 4) is 16.3 Å². The van der Waals surface area contributed by atoms with Crippen molar-refractivity contribution in [2.75, 3.05) is 7.11 Å². The van der Waals surface area contributed by atoms with Crippen LogP contribution in [0.15, 0.2) is 48.5 Å². The van der Waals surface area contributed by atoms with Gasteiger partial charge >= 0.3 is 6.03 Å². The molecule has 2 aromatic carbocycles. The molecule has 0 unspecified atom stereocenters. The van der Waals surface area contributed by atoms with Crippen molar-refractivity contribution in [2.24, 2.45) is 5.73 Å². The van der Waals surface area contributed by atoms with Crippen LogP contribution in [-0.2, 0) is 0 Å². The summed E-state index contributed by atoms with van der Waals surface area (Å²) in [5.74, 6) is 0.669. The minimum atomic E-state index is -0.615. The van der Waals surface area contributed by atoms with Crippen LogP contribution in [0.5, 0.6) is 5.75 Å². The van der Waals surface area contributed by atoms with E-state index in [9.17, 15) is 4.79 Å². The van der Waals surface area contributed by atoms with Crippen LogP contribution in [-0.4, -0.2) is 22.9 Å². The molecule has 0 radical (unpaired) electrons. The second-order valence-corrected chi connectivity index (χ2v) is 6.19.